The van der Waals surface area contributed by atoms with Crippen LogP contribution in [0.5, 0.6) is 11.5 Å². The Morgan fingerprint density at radius 1 is 1.06 bits per heavy atom. The Hall–Kier alpha value is -3.40. The molecule has 10 heteroatoms. The molecule has 1 N–H and O–H groups in total. The van der Waals surface area contributed by atoms with Gasteiger partial charge >= 0.3 is 6.03 Å². The summed E-state index contributed by atoms with van der Waals surface area (Å²) in [5.41, 5.74) is 2.54. The molecule has 0 atom stereocenters. The fourth-order valence-electron chi connectivity index (χ4n) is 4.73. The number of halogens is 2. The third-order valence-corrected chi connectivity index (χ3v) is 6.36. The smallest absolute Gasteiger partial charge is 0.329 e. The molecule has 2 aromatic heterocycles. The first-order chi connectivity index (χ1) is 15.9. The number of likely N-dealkylation sites (tertiary alicyclic amines) is 1. The van der Waals surface area contributed by atoms with Gasteiger partial charge in [-0.1, -0.05) is 0 Å². The molecule has 1 aromatic carbocycles. The Morgan fingerprint density at radius 3 is 2.36 bits per heavy atom. The topological polar surface area (TPSA) is 73.9 Å². The molecule has 0 saturated carbocycles. The molecule has 1 saturated heterocycles. The fraction of sp³-hybridized carbons (Fsp3) is 0.391. The van der Waals surface area contributed by atoms with Crippen LogP contribution in [0.4, 0.5) is 25.0 Å². The predicted molar refractivity (Wildman–Crippen MR) is 120 cm³/mol. The van der Waals surface area contributed by atoms with Crippen molar-refractivity contribution in [1.82, 2.24) is 14.9 Å². The lowest BCUT2D eigenvalue weighted by Gasteiger charge is -2.35. The van der Waals surface area contributed by atoms with Gasteiger partial charge in [-0.15, -0.1) is 0 Å². The molecular formula is C23H25F2N5O3. The number of fused-ring (bicyclic) bond motifs is 3. The second-order valence-electron chi connectivity index (χ2n) is 8.36. The van der Waals surface area contributed by atoms with Gasteiger partial charge in [-0.2, -0.15) is 0 Å². The number of aromatic amines is 1. The lowest BCUT2D eigenvalue weighted by molar-refractivity contribution is 0.250. The van der Waals surface area contributed by atoms with E-state index in [4.69, 9.17) is 9.47 Å². The van der Waals surface area contributed by atoms with Crippen molar-refractivity contribution in [3.05, 3.63) is 41.2 Å². The van der Waals surface area contributed by atoms with Crippen LogP contribution in [0.3, 0.4) is 0 Å². The van der Waals surface area contributed by atoms with Crippen LogP contribution >= 0.6 is 0 Å². The second kappa shape index (κ2) is 8.18. The molecule has 0 aliphatic carbocycles. The van der Waals surface area contributed by atoms with Crippen molar-refractivity contribution < 1.29 is 23.0 Å². The lowest BCUT2D eigenvalue weighted by Crippen LogP contribution is -2.46. The van der Waals surface area contributed by atoms with Gasteiger partial charge in [0.2, 0.25) is 0 Å². The third kappa shape index (κ3) is 3.45. The van der Waals surface area contributed by atoms with E-state index in [1.54, 1.807) is 13.2 Å². The number of carbonyl (C=O) groups is 1. The van der Waals surface area contributed by atoms with Gasteiger partial charge in [0.1, 0.15) is 11.3 Å². The molecule has 0 radical (unpaired) electrons. The van der Waals surface area contributed by atoms with Crippen LogP contribution in [0.2, 0.25) is 0 Å². The number of nitrogens with zero attached hydrogens (tertiary/aromatic N) is 4. The van der Waals surface area contributed by atoms with Crippen LogP contribution in [0.15, 0.2) is 18.3 Å². The van der Waals surface area contributed by atoms with Crippen molar-refractivity contribution >= 4 is 28.4 Å². The van der Waals surface area contributed by atoms with E-state index in [1.807, 2.05) is 6.07 Å². The molecule has 0 spiro atoms. The Bertz CT molecular complexity index is 1210. The van der Waals surface area contributed by atoms with Crippen molar-refractivity contribution in [2.24, 2.45) is 0 Å². The minimum atomic E-state index is -0.968. The Labute approximate surface area is 189 Å². The molecule has 3 aromatic rings. The molecule has 1 fully saturated rings. The van der Waals surface area contributed by atoms with Gasteiger partial charge in [0, 0.05) is 42.5 Å². The molecule has 8 nitrogen and oxygen atoms in total. The van der Waals surface area contributed by atoms with Gasteiger partial charge in [-0.3, -0.25) is 14.7 Å². The Balaban J connectivity index is 1.57. The standard InChI is InChI=1S/C23H25F2N5O3/c1-28-20-13(10-26-22-15(20)8-14(27-22)12-29-6-4-5-7-29)11-30(23(28)31)21-18(24)16(32-2)9-17(33-3)19(21)25/h8-10H,4-7,11-12H2,1-3H3,(H,26,27). The summed E-state index contributed by atoms with van der Waals surface area (Å²) in [6, 6.07) is 2.56. The number of amides is 2. The maximum atomic E-state index is 15.1. The Morgan fingerprint density at radius 2 is 1.73 bits per heavy atom. The number of rotatable bonds is 5. The highest BCUT2D eigenvalue weighted by atomic mass is 19.1. The van der Waals surface area contributed by atoms with Crippen LogP contribution in [-0.4, -0.2) is 55.3 Å². The number of methoxy groups -OCH3 is 2. The molecule has 4 heterocycles. The van der Waals surface area contributed by atoms with E-state index in [-0.39, 0.29) is 18.0 Å². The van der Waals surface area contributed by atoms with E-state index in [2.05, 4.69) is 14.9 Å². The number of H-pyrrole nitrogens is 1. The maximum absolute atomic E-state index is 15.1. The number of ether oxygens (including phenoxy) is 2. The average molecular weight is 457 g/mol. The first-order valence-electron chi connectivity index (χ1n) is 10.8. The van der Waals surface area contributed by atoms with Gasteiger partial charge < -0.3 is 14.5 Å². The first kappa shape index (κ1) is 21.4. The highest BCUT2D eigenvalue weighted by molar-refractivity contribution is 6.11. The number of pyridine rings is 1. The van der Waals surface area contributed by atoms with Gasteiger partial charge in [-0.05, 0) is 32.0 Å². The van der Waals surface area contributed by atoms with Crippen molar-refractivity contribution in [1.29, 1.82) is 0 Å². The SMILES string of the molecule is COc1cc(OC)c(F)c(N2Cc3cnc4[nH]c(CN5CCCC5)cc4c3N(C)C2=O)c1F. The number of anilines is 2. The van der Waals surface area contributed by atoms with Crippen LogP contribution in [0.1, 0.15) is 24.1 Å². The number of carbonyl (C=O) groups excluding carboxylic acids is 1. The molecule has 33 heavy (non-hydrogen) atoms. The van der Waals surface area contributed by atoms with E-state index < -0.39 is 23.4 Å². The number of aromatic nitrogens is 2. The summed E-state index contributed by atoms with van der Waals surface area (Å²) in [6.07, 6.45) is 4.03. The van der Waals surface area contributed by atoms with Gasteiger partial charge in [0.25, 0.3) is 0 Å². The lowest BCUT2D eigenvalue weighted by atomic mass is 10.1. The van der Waals surface area contributed by atoms with Crippen molar-refractivity contribution in [2.75, 3.05) is 44.2 Å². The molecule has 2 aliphatic rings. The van der Waals surface area contributed by atoms with Crippen LogP contribution in [0, 0.1) is 11.6 Å². The van der Waals surface area contributed by atoms with E-state index in [9.17, 15) is 4.79 Å². The van der Waals surface area contributed by atoms with Gasteiger partial charge in [0.15, 0.2) is 23.1 Å². The molecule has 0 bridgehead atoms. The van der Waals surface area contributed by atoms with Crippen molar-refractivity contribution in [3.63, 3.8) is 0 Å². The molecule has 5 rings (SSSR count). The summed E-state index contributed by atoms with van der Waals surface area (Å²) in [5.74, 6) is -2.36. The minimum absolute atomic E-state index is 0.0434. The summed E-state index contributed by atoms with van der Waals surface area (Å²) in [5, 5.41) is 0.807. The highest BCUT2D eigenvalue weighted by Crippen LogP contribution is 2.42. The summed E-state index contributed by atoms with van der Waals surface area (Å²) in [4.78, 5) is 26.0. The average Bonchev–Trinajstić information content (AvgIpc) is 3.46. The number of urea groups is 1. The van der Waals surface area contributed by atoms with Crippen LogP contribution < -0.4 is 19.3 Å². The summed E-state index contributed by atoms with van der Waals surface area (Å²) in [6.45, 7) is 2.87. The summed E-state index contributed by atoms with van der Waals surface area (Å²) < 4.78 is 40.3. The predicted octanol–water partition coefficient (Wildman–Crippen LogP) is 4.03. The quantitative estimate of drug-likeness (QED) is 0.626. The monoisotopic (exact) mass is 457 g/mol. The van der Waals surface area contributed by atoms with Gasteiger partial charge in [0.05, 0.1) is 26.5 Å². The number of hydrogen-bond acceptors (Lipinski definition) is 5. The van der Waals surface area contributed by atoms with E-state index in [1.165, 1.54) is 32.0 Å². The van der Waals surface area contributed by atoms with E-state index in [0.29, 0.717) is 16.9 Å². The molecule has 174 valence electrons. The molecule has 2 aliphatic heterocycles. The number of benzene rings is 1. The van der Waals surface area contributed by atoms with Gasteiger partial charge in [-0.25, -0.2) is 18.6 Å². The summed E-state index contributed by atoms with van der Waals surface area (Å²) in [7, 11) is 4.13. The minimum Gasteiger partial charge on any atom is -0.493 e. The fourth-order valence-corrected chi connectivity index (χ4v) is 4.73. The number of nitrogens with one attached hydrogen (secondary N) is 1. The molecular weight excluding hydrogens is 432 g/mol. The molecule has 2 amide bonds. The zero-order chi connectivity index (χ0) is 23.3. The maximum Gasteiger partial charge on any atom is 0.329 e. The van der Waals surface area contributed by atoms with Crippen molar-refractivity contribution in [2.45, 2.75) is 25.9 Å². The van der Waals surface area contributed by atoms with Crippen LogP contribution in [-0.2, 0) is 13.1 Å². The normalized spacial score (nSPS) is 16.6. The highest BCUT2D eigenvalue weighted by Gasteiger charge is 2.36. The van der Waals surface area contributed by atoms with Crippen molar-refractivity contribution in [3.8, 4) is 11.5 Å². The van der Waals surface area contributed by atoms with Crippen LogP contribution in [0.25, 0.3) is 11.0 Å². The second-order valence-corrected chi connectivity index (χ2v) is 8.36. The summed E-state index contributed by atoms with van der Waals surface area (Å²) >= 11 is 0. The van der Waals surface area contributed by atoms with E-state index >= 15 is 8.78 Å². The first-order valence-corrected chi connectivity index (χ1v) is 10.8. The Kier molecular flexibility index (Phi) is 5.32. The number of hydrogen-bond donors (Lipinski definition) is 1. The largest absolute Gasteiger partial charge is 0.493 e. The zero-order valence-corrected chi connectivity index (χ0v) is 18.7. The van der Waals surface area contributed by atoms with E-state index in [0.717, 1.165) is 41.7 Å². The third-order valence-electron chi connectivity index (χ3n) is 6.36. The molecule has 0 unspecified atom stereocenters. The zero-order valence-electron chi connectivity index (χ0n) is 18.7.